The summed E-state index contributed by atoms with van der Waals surface area (Å²) in [5, 5.41) is 3.63. The molecule has 1 aromatic rings. The van der Waals surface area contributed by atoms with Crippen LogP contribution in [0.5, 0.6) is 5.75 Å². The van der Waals surface area contributed by atoms with Gasteiger partial charge in [-0.15, -0.1) is 0 Å². The van der Waals surface area contributed by atoms with Crippen LogP contribution in [0.15, 0.2) is 24.3 Å². The Kier molecular flexibility index (Phi) is 6.38. The van der Waals surface area contributed by atoms with Gasteiger partial charge in [0.15, 0.2) is 0 Å². The zero-order chi connectivity index (χ0) is 14.2. The monoisotopic (exact) mass is 275 g/mol. The summed E-state index contributed by atoms with van der Waals surface area (Å²) in [6.07, 6.45) is 9.48. The lowest BCUT2D eigenvalue weighted by molar-refractivity contribution is 0.221. The van der Waals surface area contributed by atoms with Crippen molar-refractivity contribution in [2.45, 2.75) is 70.9 Å². The Morgan fingerprint density at radius 1 is 1.20 bits per heavy atom. The molecule has 1 aliphatic rings. The topological polar surface area (TPSA) is 21.3 Å². The van der Waals surface area contributed by atoms with E-state index in [1.165, 1.54) is 44.1 Å². The molecule has 0 amide bonds. The first-order valence-corrected chi connectivity index (χ1v) is 8.27. The molecule has 20 heavy (non-hydrogen) atoms. The normalized spacial score (nSPS) is 18.6. The number of ether oxygens (including phenoxy) is 1. The van der Waals surface area contributed by atoms with Gasteiger partial charge in [-0.1, -0.05) is 57.2 Å². The molecule has 0 saturated carbocycles. The van der Waals surface area contributed by atoms with E-state index in [1.807, 2.05) is 6.07 Å². The van der Waals surface area contributed by atoms with Gasteiger partial charge >= 0.3 is 0 Å². The van der Waals surface area contributed by atoms with Crippen molar-refractivity contribution in [3.8, 4) is 5.75 Å². The SMILES string of the molecule is CCCCCCCC(C)NCC1Cc2ccccc2O1. The molecule has 0 radical (unpaired) electrons. The lowest BCUT2D eigenvalue weighted by atomic mass is 10.1. The van der Waals surface area contributed by atoms with Gasteiger partial charge < -0.3 is 10.1 Å². The van der Waals surface area contributed by atoms with Gasteiger partial charge in [-0.3, -0.25) is 0 Å². The van der Waals surface area contributed by atoms with Gasteiger partial charge in [0.2, 0.25) is 0 Å². The highest BCUT2D eigenvalue weighted by atomic mass is 16.5. The maximum atomic E-state index is 5.95. The van der Waals surface area contributed by atoms with Gasteiger partial charge in [-0.2, -0.15) is 0 Å². The average Bonchev–Trinajstić information content (AvgIpc) is 2.88. The van der Waals surface area contributed by atoms with E-state index in [4.69, 9.17) is 4.74 Å². The van der Waals surface area contributed by atoms with Crippen molar-refractivity contribution in [3.05, 3.63) is 29.8 Å². The number of para-hydroxylation sites is 1. The molecule has 0 aromatic heterocycles. The summed E-state index contributed by atoms with van der Waals surface area (Å²) in [6, 6.07) is 8.99. The van der Waals surface area contributed by atoms with E-state index in [2.05, 4.69) is 37.4 Å². The Morgan fingerprint density at radius 3 is 2.80 bits per heavy atom. The summed E-state index contributed by atoms with van der Waals surface area (Å²) >= 11 is 0. The molecule has 2 unspecified atom stereocenters. The first kappa shape index (κ1) is 15.4. The molecular formula is C18H29NO. The molecule has 0 fully saturated rings. The van der Waals surface area contributed by atoms with Crippen LogP contribution in [0.3, 0.4) is 0 Å². The third kappa shape index (κ3) is 4.82. The zero-order valence-corrected chi connectivity index (χ0v) is 13.0. The molecule has 0 spiro atoms. The van der Waals surface area contributed by atoms with Crippen LogP contribution >= 0.6 is 0 Å². The Bertz CT molecular complexity index is 366. The maximum absolute atomic E-state index is 5.95. The highest BCUT2D eigenvalue weighted by Gasteiger charge is 2.22. The number of benzene rings is 1. The third-order valence-electron chi connectivity index (χ3n) is 4.15. The van der Waals surface area contributed by atoms with Crippen LogP contribution in [-0.2, 0) is 6.42 Å². The van der Waals surface area contributed by atoms with E-state index in [9.17, 15) is 0 Å². The smallest absolute Gasteiger partial charge is 0.123 e. The van der Waals surface area contributed by atoms with Crippen molar-refractivity contribution in [1.29, 1.82) is 0 Å². The summed E-state index contributed by atoms with van der Waals surface area (Å²) in [7, 11) is 0. The number of hydrogen-bond acceptors (Lipinski definition) is 2. The molecular weight excluding hydrogens is 246 g/mol. The molecule has 1 N–H and O–H groups in total. The van der Waals surface area contributed by atoms with E-state index in [0.29, 0.717) is 12.1 Å². The van der Waals surface area contributed by atoms with E-state index in [0.717, 1.165) is 18.7 Å². The van der Waals surface area contributed by atoms with Gasteiger partial charge in [0, 0.05) is 19.0 Å². The third-order valence-corrected chi connectivity index (χ3v) is 4.15. The number of rotatable bonds is 9. The van der Waals surface area contributed by atoms with Crippen LogP contribution in [0.1, 0.15) is 57.9 Å². The number of hydrogen-bond donors (Lipinski definition) is 1. The maximum Gasteiger partial charge on any atom is 0.123 e. The molecule has 0 saturated heterocycles. The minimum Gasteiger partial charge on any atom is -0.488 e. The van der Waals surface area contributed by atoms with Crippen LogP contribution < -0.4 is 10.1 Å². The second-order valence-corrected chi connectivity index (χ2v) is 6.06. The number of unbranched alkanes of at least 4 members (excludes halogenated alkanes) is 4. The molecule has 2 rings (SSSR count). The Labute approximate surface area is 123 Å². The van der Waals surface area contributed by atoms with Gasteiger partial charge in [-0.25, -0.2) is 0 Å². The van der Waals surface area contributed by atoms with Gasteiger partial charge in [0.1, 0.15) is 11.9 Å². The highest BCUT2D eigenvalue weighted by Crippen LogP contribution is 2.27. The van der Waals surface area contributed by atoms with Crippen molar-refractivity contribution in [2.75, 3.05) is 6.54 Å². The summed E-state index contributed by atoms with van der Waals surface area (Å²) in [6.45, 7) is 5.52. The second kappa shape index (κ2) is 8.31. The molecule has 1 aliphatic heterocycles. The predicted molar refractivity (Wildman–Crippen MR) is 85.4 cm³/mol. The predicted octanol–water partition coefficient (Wildman–Crippen LogP) is 4.33. The van der Waals surface area contributed by atoms with Gasteiger partial charge in [-0.05, 0) is 25.0 Å². The van der Waals surface area contributed by atoms with Crippen LogP contribution in [0, 0.1) is 0 Å². The molecule has 0 aliphatic carbocycles. The highest BCUT2D eigenvalue weighted by molar-refractivity contribution is 5.37. The first-order chi connectivity index (χ1) is 9.79. The molecule has 1 aromatic carbocycles. The van der Waals surface area contributed by atoms with E-state index < -0.39 is 0 Å². The van der Waals surface area contributed by atoms with Crippen molar-refractivity contribution in [1.82, 2.24) is 5.32 Å². The molecule has 2 atom stereocenters. The minimum absolute atomic E-state index is 0.315. The largest absolute Gasteiger partial charge is 0.488 e. The molecule has 112 valence electrons. The van der Waals surface area contributed by atoms with Crippen LogP contribution in [0.2, 0.25) is 0 Å². The van der Waals surface area contributed by atoms with Gasteiger partial charge in [0.25, 0.3) is 0 Å². The quantitative estimate of drug-likeness (QED) is 0.677. The summed E-state index contributed by atoms with van der Waals surface area (Å²) in [5.74, 6) is 1.08. The standard InChI is InChI=1S/C18H29NO/c1-3-4-5-6-7-10-15(2)19-14-17-13-16-11-8-9-12-18(16)20-17/h8-9,11-12,15,17,19H,3-7,10,13-14H2,1-2H3. The average molecular weight is 275 g/mol. The minimum atomic E-state index is 0.315. The lowest BCUT2D eigenvalue weighted by Crippen LogP contribution is -2.35. The summed E-state index contributed by atoms with van der Waals surface area (Å²) in [4.78, 5) is 0. The lowest BCUT2D eigenvalue weighted by Gasteiger charge is -2.17. The Morgan fingerprint density at radius 2 is 2.00 bits per heavy atom. The molecule has 2 nitrogen and oxygen atoms in total. The zero-order valence-electron chi connectivity index (χ0n) is 13.0. The fourth-order valence-corrected chi connectivity index (χ4v) is 2.86. The molecule has 0 bridgehead atoms. The van der Waals surface area contributed by atoms with Crippen molar-refractivity contribution in [2.24, 2.45) is 0 Å². The molecule has 2 heteroatoms. The van der Waals surface area contributed by atoms with E-state index >= 15 is 0 Å². The van der Waals surface area contributed by atoms with Crippen LogP contribution in [-0.4, -0.2) is 18.7 Å². The second-order valence-electron chi connectivity index (χ2n) is 6.06. The number of fused-ring (bicyclic) bond motifs is 1. The fraction of sp³-hybridized carbons (Fsp3) is 0.667. The summed E-state index contributed by atoms with van der Waals surface area (Å²) < 4.78 is 5.95. The number of nitrogens with one attached hydrogen (secondary N) is 1. The first-order valence-electron chi connectivity index (χ1n) is 8.27. The summed E-state index contributed by atoms with van der Waals surface area (Å²) in [5.41, 5.74) is 1.35. The van der Waals surface area contributed by atoms with E-state index in [-0.39, 0.29) is 0 Å². The molecule has 1 heterocycles. The van der Waals surface area contributed by atoms with Crippen LogP contribution in [0.25, 0.3) is 0 Å². The Balaban J connectivity index is 1.57. The Hall–Kier alpha value is -1.02. The van der Waals surface area contributed by atoms with Gasteiger partial charge in [0.05, 0.1) is 0 Å². The fourth-order valence-electron chi connectivity index (χ4n) is 2.86. The van der Waals surface area contributed by atoms with Crippen molar-refractivity contribution in [3.63, 3.8) is 0 Å². The van der Waals surface area contributed by atoms with Crippen molar-refractivity contribution < 1.29 is 4.74 Å². The van der Waals surface area contributed by atoms with Crippen LogP contribution in [0.4, 0.5) is 0 Å². The van der Waals surface area contributed by atoms with E-state index in [1.54, 1.807) is 0 Å². The van der Waals surface area contributed by atoms with Crippen molar-refractivity contribution >= 4 is 0 Å².